The molecular formula is C18H16ClFN6O2. The van der Waals surface area contributed by atoms with E-state index in [0.717, 1.165) is 0 Å². The predicted molar refractivity (Wildman–Crippen MR) is 102 cm³/mol. The zero-order valence-electron chi connectivity index (χ0n) is 14.7. The Morgan fingerprint density at radius 2 is 2.18 bits per heavy atom. The number of nitrogen functional groups attached to an aromatic ring is 1. The largest absolute Gasteiger partial charge is 0.384 e. The van der Waals surface area contributed by atoms with Gasteiger partial charge in [0.2, 0.25) is 0 Å². The van der Waals surface area contributed by atoms with E-state index in [2.05, 4.69) is 20.6 Å². The van der Waals surface area contributed by atoms with E-state index >= 15 is 0 Å². The van der Waals surface area contributed by atoms with E-state index < -0.39 is 17.9 Å². The molecule has 1 atom stereocenters. The number of likely N-dealkylation sites (N-methyl/N-ethyl adjacent to an activating group) is 1. The molecule has 28 heavy (non-hydrogen) atoms. The summed E-state index contributed by atoms with van der Waals surface area (Å²) in [7, 11) is 1.64. The lowest BCUT2D eigenvalue weighted by atomic mass is 10.1. The Balaban J connectivity index is 1.89. The van der Waals surface area contributed by atoms with Crippen molar-refractivity contribution in [1.29, 1.82) is 0 Å². The first-order valence-corrected chi connectivity index (χ1v) is 8.47. The first kappa shape index (κ1) is 19.3. The van der Waals surface area contributed by atoms with Crippen LogP contribution in [0.4, 0.5) is 16.0 Å². The van der Waals surface area contributed by atoms with Crippen molar-refractivity contribution in [1.82, 2.24) is 20.2 Å². The Labute approximate surface area is 164 Å². The van der Waals surface area contributed by atoms with Crippen molar-refractivity contribution in [3.05, 3.63) is 70.5 Å². The molecule has 2 aromatic rings. The van der Waals surface area contributed by atoms with Gasteiger partial charge in [-0.1, -0.05) is 23.7 Å². The smallest absolute Gasteiger partial charge is 0.271 e. The molecule has 1 aromatic carbocycles. The van der Waals surface area contributed by atoms with E-state index in [-0.39, 0.29) is 22.2 Å². The highest BCUT2D eigenvalue weighted by atomic mass is 35.5. The summed E-state index contributed by atoms with van der Waals surface area (Å²) in [6, 6.07) is 7.32. The molecule has 1 amide bonds. The van der Waals surface area contributed by atoms with Gasteiger partial charge in [0.05, 0.1) is 10.7 Å². The molecule has 10 heteroatoms. The Morgan fingerprint density at radius 3 is 2.86 bits per heavy atom. The molecule has 0 bridgehead atoms. The number of halogens is 2. The minimum atomic E-state index is -0.588. The van der Waals surface area contributed by atoms with Gasteiger partial charge in [0.15, 0.2) is 6.29 Å². The van der Waals surface area contributed by atoms with Crippen LogP contribution in [0.5, 0.6) is 0 Å². The molecule has 4 N–H and O–H groups in total. The standard InChI is InChI=1S/C18H16ClFN6O2/c1-26-16(18(28)25-17(26)10-3-2-4-11(20)5-10)13(19)6-12(8-27)24-15-7-14(21)22-9-23-15/h2-9,17H,1H3,(H,25,28)(H3,21,22,23,24)/b12-6+,16-13+. The molecule has 0 saturated carbocycles. The van der Waals surface area contributed by atoms with Crippen molar-refractivity contribution in [2.75, 3.05) is 18.1 Å². The maximum atomic E-state index is 13.5. The average Bonchev–Trinajstić information content (AvgIpc) is 2.95. The lowest BCUT2D eigenvalue weighted by molar-refractivity contribution is -0.116. The third-order valence-corrected chi connectivity index (χ3v) is 4.27. The highest BCUT2D eigenvalue weighted by Crippen LogP contribution is 2.30. The molecule has 1 aliphatic rings. The van der Waals surface area contributed by atoms with E-state index in [0.29, 0.717) is 17.7 Å². The number of aldehydes is 1. The van der Waals surface area contributed by atoms with E-state index in [1.165, 1.54) is 30.6 Å². The van der Waals surface area contributed by atoms with Gasteiger partial charge < -0.3 is 21.3 Å². The number of hydrogen-bond donors (Lipinski definition) is 3. The second kappa shape index (κ2) is 8.05. The maximum Gasteiger partial charge on any atom is 0.271 e. The number of amides is 1. The fourth-order valence-electron chi connectivity index (χ4n) is 2.73. The van der Waals surface area contributed by atoms with E-state index in [1.807, 2.05) is 0 Å². The van der Waals surface area contributed by atoms with Gasteiger partial charge in [-0.25, -0.2) is 14.4 Å². The van der Waals surface area contributed by atoms with Crippen molar-refractivity contribution < 1.29 is 14.0 Å². The number of nitrogens with one attached hydrogen (secondary N) is 2. The van der Waals surface area contributed by atoms with Gasteiger partial charge in [0.25, 0.3) is 5.91 Å². The minimum absolute atomic E-state index is 0.0236. The fraction of sp³-hybridized carbons (Fsp3) is 0.111. The number of anilines is 2. The van der Waals surface area contributed by atoms with Crippen molar-refractivity contribution >= 4 is 35.4 Å². The van der Waals surface area contributed by atoms with Crippen molar-refractivity contribution in [2.24, 2.45) is 0 Å². The number of rotatable bonds is 5. The SMILES string of the molecule is CN1/C(=C(Cl)\C=C(/C=O)Nc2cc(N)ncn2)C(=O)NC1c1cccc(F)c1. The van der Waals surface area contributed by atoms with E-state index in [4.69, 9.17) is 17.3 Å². The highest BCUT2D eigenvalue weighted by Gasteiger charge is 2.34. The average molecular weight is 403 g/mol. The number of benzene rings is 1. The number of aromatic nitrogens is 2. The van der Waals surface area contributed by atoms with Crippen LogP contribution in [0, 0.1) is 5.82 Å². The van der Waals surface area contributed by atoms with Crippen LogP contribution in [0.3, 0.4) is 0 Å². The third-order valence-electron chi connectivity index (χ3n) is 3.98. The van der Waals surface area contributed by atoms with Gasteiger partial charge in [-0.3, -0.25) is 9.59 Å². The Morgan fingerprint density at radius 1 is 1.39 bits per heavy atom. The number of hydrogen-bond acceptors (Lipinski definition) is 7. The lowest BCUT2D eigenvalue weighted by Crippen LogP contribution is -2.24. The number of nitrogens with two attached hydrogens (primary N) is 1. The molecule has 0 radical (unpaired) electrons. The van der Waals surface area contributed by atoms with E-state index in [9.17, 15) is 14.0 Å². The molecule has 3 rings (SSSR count). The summed E-state index contributed by atoms with van der Waals surface area (Å²) in [5.41, 5.74) is 6.33. The molecule has 2 heterocycles. The monoisotopic (exact) mass is 402 g/mol. The first-order chi connectivity index (χ1) is 13.4. The molecule has 1 aromatic heterocycles. The summed E-state index contributed by atoms with van der Waals surface area (Å²) in [5.74, 6) is -0.350. The third kappa shape index (κ3) is 4.09. The van der Waals surface area contributed by atoms with Crippen LogP contribution in [0.2, 0.25) is 0 Å². The zero-order valence-corrected chi connectivity index (χ0v) is 15.4. The molecule has 1 unspecified atom stereocenters. The second-order valence-electron chi connectivity index (χ2n) is 5.91. The fourth-order valence-corrected chi connectivity index (χ4v) is 3.07. The molecule has 1 fully saturated rings. The molecule has 144 valence electrons. The van der Waals surface area contributed by atoms with Gasteiger partial charge in [-0.2, -0.15) is 0 Å². The Hall–Kier alpha value is -3.46. The summed E-state index contributed by atoms with van der Waals surface area (Å²) in [6.07, 6.45) is 2.47. The molecule has 0 spiro atoms. The normalized spacial score (nSPS) is 18.7. The van der Waals surface area contributed by atoms with Gasteiger partial charge in [-0.15, -0.1) is 0 Å². The Kier molecular flexibility index (Phi) is 5.55. The van der Waals surface area contributed by atoms with Crippen LogP contribution in [0.15, 0.2) is 59.2 Å². The lowest BCUT2D eigenvalue weighted by Gasteiger charge is -2.21. The van der Waals surface area contributed by atoms with Gasteiger partial charge in [0, 0.05) is 13.1 Å². The van der Waals surface area contributed by atoms with Crippen molar-refractivity contribution in [3.63, 3.8) is 0 Å². The number of carbonyl (C=O) groups is 2. The van der Waals surface area contributed by atoms with Gasteiger partial charge >= 0.3 is 0 Å². The maximum absolute atomic E-state index is 13.5. The number of carbonyl (C=O) groups excluding carboxylic acids is 2. The van der Waals surface area contributed by atoms with Crippen LogP contribution in [-0.2, 0) is 9.59 Å². The van der Waals surface area contributed by atoms with Crippen LogP contribution in [-0.4, -0.2) is 34.1 Å². The summed E-state index contributed by atoms with van der Waals surface area (Å²) >= 11 is 6.30. The molecule has 0 aliphatic carbocycles. The zero-order chi connectivity index (χ0) is 20.3. The van der Waals surface area contributed by atoms with Gasteiger partial charge in [0.1, 0.15) is 35.6 Å². The molecular weight excluding hydrogens is 387 g/mol. The quantitative estimate of drug-likeness (QED) is 0.517. The summed E-state index contributed by atoms with van der Waals surface area (Å²) in [6.45, 7) is 0. The molecule has 8 nitrogen and oxygen atoms in total. The van der Waals surface area contributed by atoms with Crippen LogP contribution in [0.25, 0.3) is 0 Å². The molecule has 1 saturated heterocycles. The van der Waals surface area contributed by atoms with Crippen LogP contribution >= 0.6 is 11.6 Å². The summed E-state index contributed by atoms with van der Waals surface area (Å²) < 4.78 is 13.5. The van der Waals surface area contributed by atoms with Crippen molar-refractivity contribution in [2.45, 2.75) is 6.17 Å². The number of allylic oxidation sites excluding steroid dienone is 3. The van der Waals surface area contributed by atoms with Crippen molar-refractivity contribution in [3.8, 4) is 0 Å². The van der Waals surface area contributed by atoms with Crippen LogP contribution in [0.1, 0.15) is 11.7 Å². The van der Waals surface area contributed by atoms with E-state index in [1.54, 1.807) is 24.1 Å². The predicted octanol–water partition coefficient (Wildman–Crippen LogP) is 1.90. The van der Waals surface area contributed by atoms with Crippen LogP contribution < -0.4 is 16.4 Å². The second-order valence-corrected chi connectivity index (χ2v) is 6.32. The topological polar surface area (TPSA) is 113 Å². The summed E-state index contributed by atoms with van der Waals surface area (Å²) in [5, 5.41) is 5.50. The first-order valence-electron chi connectivity index (χ1n) is 8.09. The Bertz CT molecular complexity index is 994. The van der Waals surface area contributed by atoms with Gasteiger partial charge in [-0.05, 0) is 23.8 Å². The number of nitrogens with zero attached hydrogens (tertiary/aromatic N) is 3. The summed E-state index contributed by atoms with van der Waals surface area (Å²) in [4.78, 5) is 33.1. The highest BCUT2D eigenvalue weighted by molar-refractivity contribution is 6.33. The molecule has 1 aliphatic heterocycles. The minimum Gasteiger partial charge on any atom is -0.384 e.